The highest BCUT2D eigenvalue weighted by atomic mass is 35.5. The molecule has 0 saturated heterocycles. The third kappa shape index (κ3) is 4.06. The predicted octanol–water partition coefficient (Wildman–Crippen LogP) is 2.64. The van der Waals surface area contributed by atoms with E-state index in [2.05, 4.69) is 22.1 Å². The van der Waals surface area contributed by atoms with Crippen LogP contribution in [0.5, 0.6) is 0 Å². The van der Waals surface area contributed by atoms with E-state index in [0.717, 1.165) is 5.69 Å². The summed E-state index contributed by atoms with van der Waals surface area (Å²) in [6.45, 7) is 1.59. The van der Waals surface area contributed by atoms with Crippen molar-refractivity contribution in [1.82, 2.24) is 4.98 Å². The Bertz CT molecular complexity index is 715. The van der Waals surface area contributed by atoms with Crippen LogP contribution in [0.1, 0.15) is 21.6 Å². The fourth-order valence-electron chi connectivity index (χ4n) is 1.66. The molecule has 2 aromatic rings. The van der Waals surface area contributed by atoms with Crippen LogP contribution in [-0.2, 0) is 0 Å². The van der Waals surface area contributed by atoms with Gasteiger partial charge in [0.05, 0.1) is 11.3 Å². The van der Waals surface area contributed by atoms with Gasteiger partial charge < -0.3 is 10.4 Å². The maximum absolute atomic E-state index is 12.2. The maximum Gasteiger partial charge on any atom is 0.257 e. The summed E-state index contributed by atoms with van der Waals surface area (Å²) in [6.07, 6.45) is 1.51. The number of anilines is 1. The first kappa shape index (κ1) is 15.0. The number of aliphatic hydroxyl groups is 1. The molecule has 1 heterocycles. The number of benzene rings is 1. The number of aliphatic hydroxyl groups excluding tert-OH is 1. The van der Waals surface area contributed by atoms with Crippen LogP contribution in [-0.4, -0.2) is 22.6 Å². The third-order valence-corrected chi connectivity index (χ3v) is 2.94. The zero-order chi connectivity index (χ0) is 15.2. The number of carbonyl (C=O) groups is 1. The summed E-state index contributed by atoms with van der Waals surface area (Å²) in [5, 5.41) is 12.0. The average molecular weight is 301 g/mol. The van der Waals surface area contributed by atoms with E-state index < -0.39 is 0 Å². The number of nitrogens with one attached hydrogen (secondary N) is 1. The molecule has 0 unspecified atom stereocenters. The van der Waals surface area contributed by atoms with Gasteiger partial charge in [-0.15, -0.1) is 0 Å². The van der Waals surface area contributed by atoms with E-state index in [4.69, 9.17) is 16.7 Å². The first-order valence-corrected chi connectivity index (χ1v) is 6.61. The van der Waals surface area contributed by atoms with Crippen molar-refractivity contribution in [2.45, 2.75) is 6.92 Å². The quantitative estimate of drug-likeness (QED) is 0.838. The second-order valence-corrected chi connectivity index (χ2v) is 4.73. The summed E-state index contributed by atoms with van der Waals surface area (Å²) in [5.74, 6) is 5.01. The van der Waals surface area contributed by atoms with Crippen molar-refractivity contribution in [2.75, 3.05) is 11.9 Å². The number of nitrogens with zero attached hydrogens (tertiary/aromatic N) is 1. The number of hydrogen-bond acceptors (Lipinski definition) is 3. The minimum Gasteiger partial charge on any atom is -0.384 e. The number of pyridine rings is 1. The minimum atomic E-state index is -0.281. The molecule has 1 aromatic carbocycles. The van der Waals surface area contributed by atoms with Gasteiger partial charge in [-0.1, -0.05) is 23.4 Å². The van der Waals surface area contributed by atoms with Crippen LogP contribution in [0.15, 0.2) is 36.5 Å². The van der Waals surface area contributed by atoms with E-state index in [-0.39, 0.29) is 12.5 Å². The highest BCUT2D eigenvalue weighted by Crippen LogP contribution is 2.20. The second-order valence-electron chi connectivity index (χ2n) is 4.29. The van der Waals surface area contributed by atoms with Gasteiger partial charge in [-0.05, 0) is 37.3 Å². The molecular weight excluding hydrogens is 288 g/mol. The molecule has 0 spiro atoms. The van der Waals surface area contributed by atoms with Crippen LogP contribution >= 0.6 is 11.6 Å². The van der Waals surface area contributed by atoms with E-state index in [1.165, 1.54) is 6.20 Å². The average Bonchev–Trinajstić information content (AvgIpc) is 2.48. The standard InChI is InChI=1S/C16H13ClN2O2/c1-11-4-5-13(10-18-11)16(21)19-15-7-6-14(17)9-12(15)3-2-8-20/h4-7,9-10,20H,8H2,1H3,(H,19,21). The molecule has 1 amide bonds. The molecule has 0 aliphatic heterocycles. The maximum atomic E-state index is 12.2. The largest absolute Gasteiger partial charge is 0.384 e. The predicted molar refractivity (Wildman–Crippen MR) is 82.3 cm³/mol. The molecule has 5 heteroatoms. The summed E-state index contributed by atoms with van der Waals surface area (Å²) in [6, 6.07) is 8.43. The van der Waals surface area contributed by atoms with Crippen molar-refractivity contribution in [2.24, 2.45) is 0 Å². The Hall–Kier alpha value is -2.35. The number of halogens is 1. The van der Waals surface area contributed by atoms with Crippen molar-refractivity contribution in [1.29, 1.82) is 0 Å². The van der Waals surface area contributed by atoms with Gasteiger partial charge in [0, 0.05) is 22.5 Å². The lowest BCUT2D eigenvalue weighted by Gasteiger charge is -2.08. The minimum absolute atomic E-state index is 0.262. The molecule has 2 rings (SSSR count). The molecule has 21 heavy (non-hydrogen) atoms. The molecule has 0 aliphatic carbocycles. The van der Waals surface area contributed by atoms with Crippen LogP contribution in [0.4, 0.5) is 5.69 Å². The third-order valence-electron chi connectivity index (χ3n) is 2.71. The number of aromatic nitrogens is 1. The molecule has 1 aromatic heterocycles. The van der Waals surface area contributed by atoms with E-state index in [1.807, 2.05) is 6.92 Å². The lowest BCUT2D eigenvalue weighted by atomic mass is 10.1. The molecule has 0 bridgehead atoms. The van der Waals surface area contributed by atoms with Crippen molar-refractivity contribution in [3.05, 3.63) is 58.4 Å². The monoisotopic (exact) mass is 300 g/mol. The Morgan fingerprint density at radius 2 is 2.19 bits per heavy atom. The molecule has 0 fully saturated rings. The van der Waals surface area contributed by atoms with Gasteiger partial charge in [0.2, 0.25) is 0 Å². The van der Waals surface area contributed by atoms with Gasteiger partial charge in [0.1, 0.15) is 6.61 Å². The number of rotatable bonds is 2. The van der Waals surface area contributed by atoms with Crippen LogP contribution in [0, 0.1) is 18.8 Å². The summed E-state index contributed by atoms with van der Waals surface area (Å²) >= 11 is 5.91. The molecule has 2 N–H and O–H groups in total. The van der Waals surface area contributed by atoms with Crippen molar-refractivity contribution in [3.8, 4) is 11.8 Å². The molecule has 0 atom stereocenters. The number of amides is 1. The zero-order valence-electron chi connectivity index (χ0n) is 11.4. The van der Waals surface area contributed by atoms with Crippen LogP contribution in [0.25, 0.3) is 0 Å². The lowest BCUT2D eigenvalue weighted by molar-refractivity contribution is 0.102. The Morgan fingerprint density at radius 1 is 1.38 bits per heavy atom. The van der Waals surface area contributed by atoms with Gasteiger partial charge in [0.15, 0.2) is 0 Å². The Morgan fingerprint density at radius 3 is 2.86 bits per heavy atom. The molecule has 4 nitrogen and oxygen atoms in total. The summed E-state index contributed by atoms with van der Waals surface area (Å²) in [4.78, 5) is 16.2. The normalized spacial score (nSPS) is 9.67. The first-order valence-electron chi connectivity index (χ1n) is 6.23. The molecule has 0 saturated carbocycles. The number of carbonyl (C=O) groups excluding carboxylic acids is 1. The molecule has 106 valence electrons. The van der Waals surface area contributed by atoms with Gasteiger partial charge in [-0.3, -0.25) is 9.78 Å². The number of hydrogen-bond donors (Lipinski definition) is 2. The fourth-order valence-corrected chi connectivity index (χ4v) is 1.83. The number of aryl methyl sites for hydroxylation is 1. The Labute approximate surface area is 127 Å². The SMILES string of the molecule is Cc1ccc(C(=O)Nc2ccc(Cl)cc2C#CCO)cn1. The molecule has 0 radical (unpaired) electrons. The van der Waals surface area contributed by atoms with E-state index in [1.54, 1.807) is 30.3 Å². The Balaban J connectivity index is 2.26. The highest BCUT2D eigenvalue weighted by molar-refractivity contribution is 6.30. The van der Waals surface area contributed by atoms with Gasteiger partial charge in [-0.25, -0.2) is 0 Å². The topological polar surface area (TPSA) is 62.2 Å². The molecular formula is C16H13ClN2O2. The van der Waals surface area contributed by atoms with E-state index >= 15 is 0 Å². The van der Waals surface area contributed by atoms with Gasteiger partial charge in [-0.2, -0.15) is 0 Å². The van der Waals surface area contributed by atoms with Gasteiger partial charge in [0.25, 0.3) is 5.91 Å². The Kier molecular flexibility index (Phi) is 4.94. The first-order chi connectivity index (χ1) is 10.1. The van der Waals surface area contributed by atoms with Crippen LogP contribution < -0.4 is 5.32 Å². The van der Waals surface area contributed by atoms with Crippen molar-refractivity contribution < 1.29 is 9.90 Å². The highest BCUT2D eigenvalue weighted by Gasteiger charge is 2.09. The van der Waals surface area contributed by atoms with Crippen molar-refractivity contribution >= 4 is 23.2 Å². The van der Waals surface area contributed by atoms with Crippen LogP contribution in [0.2, 0.25) is 5.02 Å². The summed E-state index contributed by atoms with van der Waals surface area (Å²) in [7, 11) is 0. The van der Waals surface area contributed by atoms with E-state index in [0.29, 0.717) is 21.8 Å². The molecule has 0 aliphatic rings. The van der Waals surface area contributed by atoms with Crippen molar-refractivity contribution in [3.63, 3.8) is 0 Å². The summed E-state index contributed by atoms with van der Waals surface area (Å²) in [5.41, 5.74) is 2.38. The lowest BCUT2D eigenvalue weighted by Crippen LogP contribution is -2.13. The fraction of sp³-hybridized carbons (Fsp3) is 0.125. The summed E-state index contributed by atoms with van der Waals surface area (Å²) < 4.78 is 0. The van der Waals surface area contributed by atoms with Gasteiger partial charge >= 0.3 is 0 Å². The van der Waals surface area contributed by atoms with Crippen LogP contribution in [0.3, 0.4) is 0 Å². The van der Waals surface area contributed by atoms with E-state index in [9.17, 15) is 4.79 Å². The smallest absolute Gasteiger partial charge is 0.257 e. The zero-order valence-corrected chi connectivity index (χ0v) is 12.1. The second kappa shape index (κ2) is 6.89.